The molecule has 3 N–H and O–H groups in total. The fourth-order valence-electron chi connectivity index (χ4n) is 3.57. The third-order valence-electron chi connectivity index (χ3n) is 5.16. The number of guanidine groups is 1. The molecule has 0 radical (unpaired) electrons. The van der Waals surface area contributed by atoms with Crippen molar-refractivity contribution in [3.8, 4) is 0 Å². The Labute approximate surface area is 168 Å². The Hall–Kier alpha value is -0.860. The third-order valence-corrected chi connectivity index (χ3v) is 5.16. The molecule has 25 heavy (non-hydrogen) atoms. The topological polar surface area (TPSA) is 65.1 Å². The molecule has 0 amide bonds. The maximum absolute atomic E-state index is 9.65. The average molecular weight is 458 g/mol. The van der Waals surface area contributed by atoms with Gasteiger partial charge in [-0.1, -0.05) is 24.3 Å². The lowest BCUT2D eigenvalue weighted by Gasteiger charge is -2.30. The molecule has 1 aromatic carbocycles. The lowest BCUT2D eigenvalue weighted by atomic mass is 10.0. The molecule has 0 aliphatic carbocycles. The van der Waals surface area contributed by atoms with Crippen molar-refractivity contribution in [3.05, 3.63) is 35.4 Å². The number of piperidine rings is 2. The van der Waals surface area contributed by atoms with Crippen molar-refractivity contribution in [2.75, 3.05) is 26.2 Å². The second kappa shape index (κ2) is 10.3. The molecule has 0 atom stereocenters. The fourth-order valence-corrected chi connectivity index (χ4v) is 3.57. The van der Waals surface area contributed by atoms with Crippen molar-refractivity contribution in [1.29, 1.82) is 0 Å². The number of likely N-dealkylation sites (tertiary alicyclic amines) is 2. The summed E-state index contributed by atoms with van der Waals surface area (Å²) in [6.45, 7) is 5.58. The highest BCUT2D eigenvalue weighted by molar-refractivity contribution is 14.0. The van der Waals surface area contributed by atoms with E-state index >= 15 is 0 Å². The van der Waals surface area contributed by atoms with Gasteiger partial charge in [0.15, 0.2) is 5.96 Å². The number of aliphatic imine (C=N–C) groups is 1. The van der Waals surface area contributed by atoms with E-state index in [-0.39, 0.29) is 30.1 Å². The number of halogens is 1. The predicted molar refractivity (Wildman–Crippen MR) is 113 cm³/mol. The highest BCUT2D eigenvalue weighted by atomic mass is 127. The number of aliphatic hydroxyl groups is 1. The Morgan fingerprint density at radius 3 is 2.36 bits per heavy atom. The molecule has 0 saturated carbocycles. The predicted octanol–water partition coefficient (Wildman–Crippen LogP) is 2.56. The standard InChI is InChI=1S/C19H30N4O.HI/c20-19(23-10-4-1-5-11-23)21-14-16-6-2-3-7-17(16)15-22-12-8-18(24)9-13-22;/h2-3,6-7,18,24H,1,4-5,8-15H2,(H2,20,21);1H. The maximum atomic E-state index is 9.65. The number of aliphatic hydroxyl groups excluding tert-OH is 1. The van der Waals surface area contributed by atoms with Crippen LogP contribution in [0, 0.1) is 0 Å². The minimum absolute atomic E-state index is 0. The van der Waals surface area contributed by atoms with Crippen LogP contribution < -0.4 is 5.73 Å². The van der Waals surface area contributed by atoms with Gasteiger partial charge in [0.1, 0.15) is 0 Å². The summed E-state index contributed by atoms with van der Waals surface area (Å²) in [7, 11) is 0. The zero-order chi connectivity index (χ0) is 16.8. The number of benzene rings is 1. The van der Waals surface area contributed by atoms with E-state index < -0.39 is 0 Å². The van der Waals surface area contributed by atoms with E-state index in [1.165, 1.54) is 30.4 Å². The number of nitrogens with zero attached hydrogens (tertiary/aromatic N) is 3. The average Bonchev–Trinajstić information content (AvgIpc) is 2.63. The van der Waals surface area contributed by atoms with E-state index in [4.69, 9.17) is 5.73 Å². The van der Waals surface area contributed by atoms with Crippen molar-refractivity contribution in [3.63, 3.8) is 0 Å². The van der Waals surface area contributed by atoms with Crippen LogP contribution in [0.3, 0.4) is 0 Å². The van der Waals surface area contributed by atoms with Crippen LogP contribution in [0.5, 0.6) is 0 Å². The Kier molecular flexibility index (Phi) is 8.45. The van der Waals surface area contributed by atoms with Crippen molar-refractivity contribution >= 4 is 29.9 Å². The highest BCUT2D eigenvalue weighted by Gasteiger charge is 2.18. The van der Waals surface area contributed by atoms with Crippen LogP contribution >= 0.6 is 24.0 Å². The summed E-state index contributed by atoms with van der Waals surface area (Å²) in [5, 5.41) is 9.65. The molecule has 2 aliphatic rings. The molecule has 0 bridgehead atoms. The van der Waals surface area contributed by atoms with E-state index in [1.54, 1.807) is 0 Å². The lowest BCUT2D eigenvalue weighted by molar-refractivity contribution is 0.0791. The first-order chi connectivity index (χ1) is 11.7. The summed E-state index contributed by atoms with van der Waals surface area (Å²) in [5.74, 6) is 0.686. The molecule has 3 rings (SSSR count). The first-order valence-corrected chi connectivity index (χ1v) is 9.24. The SMILES string of the molecule is I.NC(=NCc1ccccc1CN1CCC(O)CC1)N1CCCCC1. The molecule has 0 spiro atoms. The van der Waals surface area contributed by atoms with Gasteiger partial charge in [-0.2, -0.15) is 0 Å². The van der Waals surface area contributed by atoms with Gasteiger partial charge in [0.25, 0.3) is 0 Å². The van der Waals surface area contributed by atoms with E-state index in [1.807, 2.05) is 0 Å². The van der Waals surface area contributed by atoms with Crippen LogP contribution in [0.25, 0.3) is 0 Å². The Morgan fingerprint density at radius 2 is 1.68 bits per heavy atom. The van der Waals surface area contributed by atoms with Crippen molar-refractivity contribution < 1.29 is 5.11 Å². The van der Waals surface area contributed by atoms with Gasteiger partial charge in [0.2, 0.25) is 0 Å². The van der Waals surface area contributed by atoms with Gasteiger partial charge in [-0.25, -0.2) is 4.99 Å². The summed E-state index contributed by atoms with van der Waals surface area (Å²) in [6, 6.07) is 8.51. The second-order valence-corrected chi connectivity index (χ2v) is 7.00. The lowest BCUT2D eigenvalue weighted by Crippen LogP contribution is -2.40. The van der Waals surface area contributed by atoms with Gasteiger partial charge in [-0.3, -0.25) is 4.90 Å². The minimum Gasteiger partial charge on any atom is -0.393 e. The molecule has 2 aliphatic heterocycles. The van der Waals surface area contributed by atoms with Gasteiger partial charge < -0.3 is 15.7 Å². The van der Waals surface area contributed by atoms with Crippen LogP contribution in [0.1, 0.15) is 43.2 Å². The number of hydrogen-bond acceptors (Lipinski definition) is 3. The third kappa shape index (κ3) is 6.11. The highest BCUT2D eigenvalue weighted by Crippen LogP contribution is 2.17. The Bertz CT molecular complexity index is 552. The molecule has 2 fully saturated rings. The van der Waals surface area contributed by atoms with Gasteiger partial charge in [-0.15, -0.1) is 24.0 Å². The van der Waals surface area contributed by atoms with E-state index in [9.17, 15) is 5.11 Å². The molecule has 2 heterocycles. The zero-order valence-corrected chi connectivity index (χ0v) is 17.3. The molecule has 1 aromatic rings. The Balaban J connectivity index is 0.00000225. The summed E-state index contributed by atoms with van der Waals surface area (Å²) < 4.78 is 0. The first kappa shape index (κ1) is 20.5. The first-order valence-electron chi connectivity index (χ1n) is 9.24. The van der Waals surface area contributed by atoms with Crippen LogP contribution in [0.15, 0.2) is 29.3 Å². The normalized spacial score (nSPS) is 20.4. The molecule has 2 saturated heterocycles. The van der Waals surface area contributed by atoms with Gasteiger partial charge in [0, 0.05) is 32.7 Å². The largest absolute Gasteiger partial charge is 0.393 e. The van der Waals surface area contributed by atoms with Crippen LogP contribution in [0.4, 0.5) is 0 Å². The van der Waals surface area contributed by atoms with Crippen molar-refractivity contribution in [2.45, 2.75) is 51.3 Å². The zero-order valence-electron chi connectivity index (χ0n) is 14.9. The van der Waals surface area contributed by atoms with Gasteiger partial charge in [-0.05, 0) is 43.2 Å². The monoisotopic (exact) mass is 458 g/mol. The smallest absolute Gasteiger partial charge is 0.191 e. The summed E-state index contributed by atoms with van der Waals surface area (Å²) in [5.41, 5.74) is 8.76. The van der Waals surface area contributed by atoms with Crippen molar-refractivity contribution in [2.24, 2.45) is 10.7 Å². The fraction of sp³-hybridized carbons (Fsp3) is 0.632. The van der Waals surface area contributed by atoms with Crippen LogP contribution in [0.2, 0.25) is 0 Å². The number of nitrogens with two attached hydrogens (primary N) is 1. The van der Waals surface area contributed by atoms with Gasteiger partial charge in [0.05, 0.1) is 12.6 Å². The Morgan fingerprint density at radius 1 is 1.04 bits per heavy atom. The van der Waals surface area contributed by atoms with E-state index in [2.05, 4.69) is 39.1 Å². The molecule has 0 aromatic heterocycles. The number of hydrogen-bond donors (Lipinski definition) is 2. The van der Waals surface area contributed by atoms with Crippen LogP contribution in [-0.4, -0.2) is 53.1 Å². The minimum atomic E-state index is -0.120. The number of rotatable bonds is 4. The molecular formula is C19H31IN4O. The van der Waals surface area contributed by atoms with E-state index in [0.29, 0.717) is 12.5 Å². The second-order valence-electron chi connectivity index (χ2n) is 7.00. The molecule has 5 nitrogen and oxygen atoms in total. The maximum Gasteiger partial charge on any atom is 0.191 e. The van der Waals surface area contributed by atoms with Crippen molar-refractivity contribution in [1.82, 2.24) is 9.80 Å². The van der Waals surface area contributed by atoms with E-state index in [0.717, 1.165) is 45.6 Å². The molecular weight excluding hydrogens is 427 g/mol. The molecule has 140 valence electrons. The quantitative estimate of drug-likeness (QED) is 0.414. The molecule has 0 unspecified atom stereocenters. The van der Waals surface area contributed by atoms with Crippen LogP contribution in [-0.2, 0) is 13.1 Å². The van der Waals surface area contributed by atoms with Gasteiger partial charge >= 0.3 is 0 Å². The summed E-state index contributed by atoms with van der Waals surface area (Å²) in [4.78, 5) is 9.27. The molecule has 6 heteroatoms. The summed E-state index contributed by atoms with van der Waals surface area (Å²) in [6.07, 6.45) is 5.37. The summed E-state index contributed by atoms with van der Waals surface area (Å²) >= 11 is 0.